The Morgan fingerprint density at radius 3 is 2.85 bits per heavy atom. The van der Waals surface area contributed by atoms with E-state index in [9.17, 15) is 9.18 Å². The van der Waals surface area contributed by atoms with Gasteiger partial charge in [-0.15, -0.1) is 0 Å². The molecule has 1 amide bonds. The van der Waals surface area contributed by atoms with E-state index < -0.39 is 0 Å². The minimum Gasteiger partial charge on any atom is -0.381 e. The van der Waals surface area contributed by atoms with E-state index in [4.69, 9.17) is 9.26 Å². The van der Waals surface area contributed by atoms with E-state index in [0.717, 1.165) is 55.4 Å². The third-order valence-corrected chi connectivity index (χ3v) is 5.64. The van der Waals surface area contributed by atoms with Crippen LogP contribution < -0.4 is 5.32 Å². The summed E-state index contributed by atoms with van der Waals surface area (Å²) in [4.78, 5) is 12.7. The van der Waals surface area contributed by atoms with Gasteiger partial charge < -0.3 is 14.6 Å². The molecule has 1 N–H and O–H groups in total. The number of carbonyl (C=O) groups is 1. The maximum Gasteiger partial charge on any atom is 0.273 e. The number of hydrogen-bond acceptors (Lipinski definition) is 4. The number of hydrogen-bond donors (Lipinski definition) is 1. The molecule has 0 bridgehead atoms. The Morgan fingerprint density at radius 1 is 1.23 bits per heavy atom. The van der Waals surface area contributed by atoms with E-state index in [1.54, 1.807) is 12.1 Å². The number of rotatable bonds is 4. The quantitative estimate of drug-likeness (QED) is 0.912. The predicted octanol–water partition coefficient (Wildman–Crippen LogP) is 3.17. The topological polar surface area (TPSA) is 64.4 Å². The third kappa shape index (κ3) is 3.26. The number of halogens is 1. The molecule has 1 aromatic carbocycles. The fourth-order valence-electron chi connectivity index (χ4n) is 4.04. The van der Waals surface area contributed by atoms with Crippen molar-refractivity contribution in [1.82, 2.24) is 10.5 Å². The molecule has 1 aliphatic carbocycles. The van der Waals surface area contributed by atoms with Gasteiger partial charge in [-0.1, -0.05) is 17.3 Å². The van der Waals surface area contributed by atoms with Gasteiger partial charge >= 0.3 is 0 Å². The molecule has 0 atom stereocenters. The summed E-state index contributed by atoms with van der Waals surface area (Å²) in [5, 5.41) is 7.02. The first kappa shape index (κ1) is 17.2. The van der Waals surface area contributed by atoms with Crippen molar-refractivity contribution in [1.29, 1.82) is 0 Å². The number of nitrogens with zero attached hydrogens (tertiary/aromatic N) is 1. The molecule has 0 saturated carbocycles. The summed E-state index contributed by atoms with van der Waals surface area (Å²) in [7, 11) is 0. The van der Waals surface area contributed by atoms with Crippen LogP contribution in [0.15, 0.2) is 28.8 Å². The molecule has 6 heteroatoms. The van der Waals surface area contributed by atoms with Gasteiger partial charge in [0.2, 0.25) is 0 Å². The minimum atomic E-state index is -0.320. The molecule has 4 rings (SSSR count). The summed E-state index contributed by atoms with van der Waals surface area (Å²) in [6, 6.07) is 6.66. The maximum absolute atomic E-state index is 13.8. The highest BCUT2D eigenvalue weighted by molar-refractivity contribution is 5.93. The van der Waals surface area contributed by atoms with Crippen molar-refractivity contribution in [2.75, 3.05) is 19.8 Å². The second kappa shape index (κ2) is 7.19. The Labute approximate surface area is 151 Å². The Hall–Kier alpha value is -2.21. The molecule has 5 nitrogen and oxygen atoms in total. The first-order chi connectivity index (χ1) is 12.7. The molecule has 0 spiro atoms. The minimum absolute atomic E-state index is 0.209. The van der Waals surface area contributed by atoms with Crippen LogP contribution in [-0.4, -0.2) is 30.8 Å². The summed E-state index contributed by atoms with van der Waals surface area (Å²) in [5.74, 6) is 0.372. The van der Waals surface area contributed by atoms with E-state index in [1.807, 2.05) is 6.07 Å². The van der Waals surface area contributed by atoms with Gasteiger partial charge in [0.05, 0.1) is 0 Å². The van der Waals surface area contributed by atoms with Crippen molar-refractivity contribution in [2.45, 2.75) is 43.9 Å². The highest BCUT2D eigenvalue weighted by atomic mass is 19.1. The molecule has 0 unspecified atom stereocenters. The number of nitrogens with one attached hydrogen (secondary N) is 1. The standard InChI is InChI=1S/C20H23FN2O3/c21-15-5-3-4-14(12-15)20(8-10-25-11-9-20)13-22-19(24)18-16-6-1-2-7-17(16)26-23-18/h3-5,12H,1-2,6-11,13H2,(H,22,24). The smallest absolute Gasteiger partial charge is 0.273 e. The number of carbonyl (C=O) groups excluding carboxylic acids is 1. The number of ether oxygens (including phenoxy) is 1. The summed E-state index contributed by atoms with van der Waals surface area (Å²) >= 11 is 0. The van der Waals surface area contributed by atoms with Crippen LogP contribution in [0.4, 0.5) is 4.39 Å². The van der Waals surface area contributed by atoms with E-state index >= 15 is 0 Å². The van der Waals surface area contributed by atoms with Crippen LogP contribution in [0.5, 0.6) is 0 Å². The van der Waals surface area contributed by atoms with Gasteiger partial charge in [0.25, 0.3) is 5.91 Å². The van der Waals surface area contributed by atoms with Crippen molar-refractivity contribution in [3.05, 3.63) is 52.7 Å². The Kier molecular flexibility index (Phi) is 4.76. The van der Waals surface area contributed by atoms with Crippen LogP contribution in [0.25, 0.3) is 0 Å². The molecular weight excluding hydrogens is 335 g/mol. The van der Waals surface area contributed by atoms with E-state index in [2.05, 4.69) is 10.5 Å². The second-order valence-corrected chi connectivity index (χ2v) is 7.23. The SMILES string of the molecule is O=C(NCC1(c2cccc(F)c2)CCOCC1)c1noc2c1CCCC2. The fourth-order valence-corrected chi connectivity index (χ4v) is 4.04. The van der Waals surface area contributed by atoms with Crippen LogP contribution in [0, 0.1) is 5.82 Å². The van der Waals surface area contributed by atoms with E-state index in [-0.39, 0.29) is 17.1 Å². The number of aromatic nitrogens is 1. The van der Waals surface area contributed by atoms with Crippen LogP contribution in [-0.2, 0) is 23.0 Å². The van der Waals surface area contributed by atoms with Crippen molar-refractivity contribution in [3.63, 3.8) is 0 Å². The monoisotopic (exact) mass is 358 g/mol. The van der Waals surface area contributed by atoms with E-state index in [0.29, 0.717) is 25.5 Å². The highest BCUT2D eigenvalue weighted by Crippen LogP contribution is 2.35. The zero-order chi connectivity index (χ0) is 18.0. The average Bonchev–Trinajstić information content (AvgIpc) is 3.11. The molecule has 0 radical (unpaired) electrons. The Bertz CT molecular complexity index is 796. The fraction of sp³-hybridized carbons (Fsp3) is 0.500. The molecule has 2 aliphatic rings. The number of aryl methyl sites for hydroxylation is 1. The second-order valence-electron chi connectivity index (χ2n) is 7.23. The van der Waals surface area contributed by atoms with Gasteiger partial charge in [-0.2, -0.15) is 0 Å². The van der Waals surface area contributed by atoms with Crippen LogP contribution in [0.2, 0.25) is 0 Å². The van der Waals surface area contributed by atoms with Crippen molar-refractivity contribution >= 4 is 5.91 Å². The molecule has 2 aromatic rings. The van der Waals surface area contributed by atoms with Crippen LogP contribution in [0.3, 0.4) is 0 Å². The summed E-state index contributed by atoms with van der Waals surface area (Å²) < 4.78 is 24.6. The largest absolute Gasteiger partial charge is 0.381 e. The molecular formula is C20H23FN2O3. The maximum atomic E-state index is 13.8. The molecule has 1 aliphatic heterocycles. The van der Waals surface area contributed by atoms with Gasteiger partial charge in [-0.3, -0.25) is 4.79 Å². The predicted molar refractivity (Wildman–Crippen MR) is 93.6 cm³/mol. The van der Waals surface area contributed by atoms with Gasteiger partial charge in [0.15, 0.2) is 5.69 Å². The lowest BCUT2D eigenvalue weighted by molar-refractivity contribution is 0.0485. The normalized spacial score (nSPS) is 19.0. The number of fused-ring (bicyclic) bond motifs is 1. The zero-order valence-electron chi connectivity index (χ0n) is 14.7. The molecule has 1 fully saturated rings. The molecule has 26 heavy (non-hydrogen) atoms. The lowest BCUT2D eigenvalue weighted by Crippen LogP contribution is -2.44. The Morgan fingerprint density at radius 2 is 2.04 bits per heavy atom. The Balaban J connectivity index is 1.53. The van der Waals surface area contributed by atoms with Gasteiger partial charge in [-0.05, 0) is 49.8 Å². The third-order valence-electron chi connectivity index (χ3n) is 5.64. The summed E-state index contributed by atoms with van der Waals surface area (Å²) in [6.45, 7) is 1.64. The first-order valence-corrected chi connectivity index (χ1v) is 9.27. The number of amides is 1. The average molecular weight is 358 g/mol. The molecule has 1 aromatic heterocycles. The molecule has 1 saturated heterocycles. The van der Waals surface area contributed by atoms with E-state index in [1.165, 1.54) is 6.07 Å². The lowest BCUT2D eigenvalue weighted by atomic mass is 9.74. The highest BCUT2D eigenvalue weighted by Gasteiger charge is 2.36. The van der Waals surface area contributed by atoms with Gasteiger partial charge in [-0.25, -0.2) is 4.39 Å². The zero-order valence-corrected chi connectivity index (χ0v) is 14.7. The van der Waals surface area contributed by atoms with Crippen LogP contribution in [0.1, 0.15) is 53.1 Å². The molecule has 138 valence electrons. The van der Waals surface area contributed by atoms with Crippen molar-refractivity contribution in [2.24, 2.45) is 0 Å². The summed E-state index contributed by atoms with van der Waals surface area (Å²) in [5.41, 5.74) is 1.93. The lowest BCUT2D eigenvalue weighted by Gasteiger charge is -2.38. The number of benzene rings is 1. The van der Waals surface area contributed by atoms with Crippen LogP contribution >= 0.6 is 0 Å². The van der Waals surface area contributed by atoms with Crippen molar-refractivity contribution in [3.8, 4) is 0 Å². The first-order valence-electron chi connectivity index (χ1n) is 9.27. The van der Waals surface area contributed by atoms with Gasteiger partial charge in [0, 0.05) is 37.2 Å². The van der Waals surface area contributed by atoms with Gasteiger partial charge in [0.1, 0.15) is 11.6 Å². The molecule has 2 heterocycles. The summed E-state index contributed by atoms with van der Waals surface area (Å²) in [6.07, 6.45) is 5.30. The van der Waals surface area contributed by atoms with Crippen molar-refractivity contribution < 1.29 is 18.4 Å².